The summed E-state index contributed by atoms with van der Waals surface area (Å²) in [5, 5.41) is 4.59. The van der Waals surface area contributed by atoms with Crippen LogP contribution < -0.4 is 0 Å². The average Bonchev–Trinajstić information content (AvgIpc) is 2.78. The van der Waals surface area contributed by atoms with E-state index in [1.54, 1.807) is 16.8 Å². The number of rotatable bonds is 5. The first kappa shape index (κ1) is 12.7. The lowest BCUT2D eigenvalue weighted by molar-refractivity contribution is 0.0984. The van der Waals surface area contributed by atoms with Gasteiger partial charge in [-0.25, -0.2) is 9.67 Å². The first-order chi connectivity index (χ1) is 8.70. The van der Waals surface area contributed by atoms with Gasteiger partial charge >= 0.3 is 0 Å². The van der Waals surface area contributed by atoms with Crippen molar-refractivity contribution in [2.75, 3.05) is 0 Å². The number of ketones is 1. The predicted octanol–water partition coefficient (Wildman–Crippen LogP) is 2.16. The van der Waals surface area contributed by atoms with Crippen LogP contribution in [0.25, 0.3) is 0 Å². The van der Waals surface area contributed by atoms with Crippen molar-refractivity contribution in [2.24, 2.45) is 0 Å². The maximum Gasteiger partial charge on any atom is 0.188 e. The second kappa shape index (κ2) is 5.73. The van der Waals surface area contributed by atoms with Crippen LogP contribution in [0.4, 0.5) is 0 Å². The summed E-state index contributed by atoms with van der Waals surface area (Å²) >= 11 is 5.73. The van der Waals surface area contributed by atoms with Crippen molar-refractivity contribution >= 4 is 17.4 Å². The molecule has 0 aliphatic carbocycles. The Labute approximate surface area is 110 Å². The van der Waals surface area contributed by atoms with E-state index < -0.39 is 0 Å². The standard InChI is InChI=1S/C12H13ClN4O/c1-2-5-17-12(15-8-16-17)6-11(18)10-4-3-9(13)7-14-10/h3-4,7-8H,2,5-6H2,1H3. The Hall–Kier alpha value is -1.75. The van der Waals surface area contributed by atoms with Crippen molar-refractivity contribution in [3.8, 4) is 0 Å². The van der Waals surface area contributed by atoms with Gasteiger partial charge in [0.05, 0.1) is 11.4 Å². The lowest BCUT2D eigenvalue weighted by Crippen LogP contribution is -2.12. The number of Topliss-reactive ketones (excluding diaryl/α,β-unsaturated/α-hetero) is 1. The van der Waals surface area contributed by atoms with Gasteiger partial charge in [0.1, 0.15) is 17.8 Å². The van der Waals surface area contributed by atoms with Crippen molar-refractivity contribution < 1.29 is 4.79 Å². The summed E-state index contributed by atoms with van der Waals surface area (Å²) in [7, 11) is 0. The Bertz CT molecular complexity index is 535. The van der Waals surface area contributed by atoms with Gasteiger partial charge in [0.15, 0.2) is 5.78 Å². The van der Waals surface area contributed by atoms with E-state index >= 15 is 0 Å². The molecule has 2 heterocycles. The molecule has 0 atom stereocenters. The molecule has 5 nitrogen and oxygen atoms in total. The van der Waals surface area contributed by atoms with Gasteiger partial charge in [0, 0.05) is 12.7 Å². The van der Waals surface area contributed by atoms with Crippen molar-refractivity contribution in [3.63, 3.8) is 0 Å². The molecule has 0 unspecified atom stereocenters. The Balaban J connectivity index is 2.11. The summed E-state index contributed by atoms with van der Waals surface area (Å²) < 4.78 is 1.74. The molecule has 0 amide bonds. The molecule has 2 rings (SSSR count). The molecule has 0 aliphatic rings. The van der Waals surface area contributed by atoms with Crippen LogP contribution in [-0.4, -0.2) is 25.5 Å². The zero-order valence-electron chi connectivity index (χ0n) is 10.0. The molecule has 0 bridgehead atoms. The summed E-state index contributed by atoms with van der Waals surface area (Å²) in [4.78, 5) is 20.1. The second-order valence-electron chi connectivity index (χ2n) is 3.86. The monoisotopic (exact) mass is 264 g/mol. The number of carbonyl (C=O) groups excluding carboxylic acids is 1. The van der Waals surface area contributed by atoms with Gasteiger partial charge in [0.2, 0.25) is 0 Å². The van der Waals surface area contributed by atoms with E-state index in [2.05, 4.69) is 15.1 Å². The Morgan fingerprint density at radius 3 is 2.89 bits per heavy atom. The fraction of sp³-hybridized carbons (Fsp3) is 0.333. The topological polar surface area (TPSA) is 60.7 Å². The van der Waals surface area contributed by atoms with Gasteiger partial charge in [0.25, 0.3) is 0 Å². The van der Waals surface area contributed by atoms with Crippen LogP contribution in [0.1, 0.15) is 29.7 Å². The van der Waals surface area contributed by atoms with E-state index in [0.717, 1.165) is 13.0 Å². The van der Waals surface area contributed by atoms with Gasteiger partial charge < -0.3 is 0 Å². The largest absolute Gasteiger partial charge is 0.292 e. The Morgan fingerprint density at radius 1 is 1.39 bits per heavy atom. The van der Waals surface area contributed by atoms with Crippen LogP contribution in [0.5, 0.6) is 0 Å². The first-order valence-corrected chi connectivity index (χ1v) is 6.10. The molecule has 0 spiro atoms. The molecule has 0 aromatic carbocycles. The minimum Gasteiger partial charge on any atom is -0.292 e. The molecule has 0 saturated carbocycles. The number of pyridine rings is 1. The Kier molecular flexibility index (Phi) is 4.04. The van der Waals surface area contributed by atoms with Crippen LogP contribution in [0.15, 0.2) is 24.7 Å². The third kappa shape index (κ3) is 2.92. The highest BCUT2D eigenvalue weighted by molar-refractivity contribution is 6.30. The smallest absolute Gasteiger partial charge is 0.188 e. The van der Waals surface area contributed by atoms with E-state index in [1.807, 2.05) is 6.92 Å². The zero-order chi connectivity index (χ0) is 13.0. The number of carbonyl (C=O) groups is 1. The highest BCUT2D eigenvalue weighted by Crippen LogP contribution is 2.08. The quantitative estimate of drug-likeness (QED) is 0.777. The maximum atomic E-state index is 12.0. The zero-order valence-corrected chi connectivity index (χ0v) is 10.8. The van der Waals surface area contributed by atoms with Gasteiger partial charge in [-0.15, -0.1) is 0 Å². The van der Waals surface area contributed by atoms with Crippen molar-refractivity contribution in [1.29, 1.82) is 0 Å². The third-order valence-electron chi connectivity index (χ3n) is 2.46. The van der Waals surface area contributed by atoms with E-state index in [1.165, 1.54) is 12.5 Å². The van der Waals surface area contributed by atoms with Crippen LogP contribution in [0.3, 0.4) is 0 Å². The SMILES string of the molecule is CCCn1ncnc1CC(=O)c1ccc(Cl)cn1. The van der Waals surface area contributed by atoms with E-state index in [0.29, 0.717) is 16.5 Å². The second-order valence-corrected chi connectivity index (χ2v) is 4.30. The first-order valence-electron chi connectivity index (χ1n) is 5.72. The maximum absolute atomic E-state index is 12.0. The molecule has 0 fully saturated rings. The van der Waals surface area contributed by atoms with Crippen LogP contribution >= 0.6 is 11.6 Å². The van der Waals surface area contributed by atoms with Gasteiger partial charge in [-0.05, 0) is 18.6 Å². The summed E-state index contributed by atoms with van der Waals surface area (Å²) in [6.07, 6.45) is 4.08. The molecular weight excluding hydrogens is 252 g/mol. The molecule has 0 radical (unpaired) electrons. The van der Waals surface area contributed by atoms with Crippen molar-refractivity contribution in [2.45, 2.75) is 26.3 Å². The number of halogens is 1. The highest BCUT2D eigenvalue weighted by Gasteiger charge is 2.12. The normalized spacial score (nSPS) is 10.6. The van der Waals surface area contributed by atoms with E-state index in [4.69, 9.17) is 11.6 Å². The minimum atomic E-state index is -0.0861. The number of nitrogens with zero attached hydrogens (tertiary/aromatic N) is 4. The summed E-state index contributed by atoms with van der Waals surface area (Å²) in [5.41, 5.74) is 0.394. The molecule has 2 aromatic heterocycles. The molecular formula is C12H13ClN4O. The van der Waals surface area contributed by atoms with Crippen LogP contribution in [-0.2, 0) is 13.0 Å². The van der Waals surface area contributed by atoms with Gasteiger partial charge in [-0.1, -0.05) is 18.5 Å². The van der Waals surface area contributed by atoms with E-state index in [-0.39, 0.29) is 12.2 Å². The lowest BCUT2D eigenvalue weighted by atomic mass is 10.2. The molecule has 0 saturated heterocycles. The number of hydrogen-bond acceptors (Lipinski definition) is 4. The summed E-state index contributed by atoms with van der Waals surface area (Å²) in [6, 6.07) is 3.27. The van der Waals surface area contributed by atoms with Crippen LogP contribution in [0.2, 0.25) is 5.02 Å². The highest BCUT2D eigenvalue weighted by atomic mass is 35.5. The van der Waals surface area contributed by atoms with Gasteiger partial charge in [-0.2, -0.15) is 5.10 Å². The fourth-order valence-electron chi connectivity index (χ4n) is 1.60. The Morgan fingerprint density at radius 2 is 2.22 bits per heavy atom. The lowest BCUT2D eigenvalue weighted by Gasteiger charge is -2.03. The number of aromatic nitrogens is 4. The van der Waals surface area contributed by atoms with Crippen molar-refractivity contribution in [1.82, 2.24) is 19.7 Å². The number of hydrogen-bond donors (Lipinski definition) is 0. The fourth-order valence-corrected chi connectivity index (χ4v) is 1.71. The van der Waals surface area contributed by atoms with Crippen molar-refractivity contribution in [3.05, 3.63) is 41.2 Å². The predicted molar refractivity (Wildman–Crippen MR) is 67.6 cm³/mol. The number of aryl methyl sites for hydroxylation is 1. The average molecular weight is 265 g/mol. The summed E-state index contributed by atoms with van der Waals surface area (Å²) in [6.45, 7) is 2.81. The minimum absolute atomic E-state index is 0.0861. The molecule has 0 aliphatic heterocycles. The molecule has 2 aromatic rings. The van der Waals surface area contributed by atoms with Gasteiger partial charge in [-0.3, -0.25) is 9.78 Å². The molecule has 6 heteroatoms. The van der Waals surface area contributed by atoms with E-state index in [9.17, 15) is 4.79 Å². The molecule has 18 heavy (non-hydrogen) atoms. The van der Waals surface area contributed by atoms with Crippen LogP contribution in [0, 0.1) is 0 Å². The molecule has 0 N–H and O–H groups in total. The summed E-state index contributed by atoms with van der Waals surface area (Å²) in [5.74, 6) is 0.579. The third-order valence-corrected chi connectivity index (χ3v) is 2.69. The molecule has 94 valence electrons.